The molecule has 0 radical (unpaired) electrons. The molecule has 0 spiro atoms. The summed E-state index contributed by atoms with van der Waals surface area (Å²) in [6.07, 6.45) is -0.768. The van der Waals surface area contributed by atoms with Crippen molar-refractivity contribution in [2.24, 2.45) is 5.92 Å². The van der Waals surface area contributed by atoms with Gasteiger partial charge in [-0.3, -0.25) is 19.3 Å². The summed E-state index contributed by atoms with van der Waals surface area (Å²) in [6.45, 7) is 0. The Kier molecular flexibility index (Phi) is 3.41. The molecule has 3 atom stereocenters. The second kappa shape index (κ2) is 5.33. The monoisotopic (exact) mass is 348 g/mol. The van der Waals surface area contributed by atoms with E-state index in [1.165, 1.54) is 7.05 Å². The topological polar surface area (TPSA) is 49.9 Å². The highest BCUT2D eigenvalue weighted by atomic mass is 35.5. The largest absolute Gasteiger partial charge is 0.283 e. The minimum Gasteiger partial charge on any atom is -0.283 e. The van der Waals surface area contributed by atoms with Gasteiger partial charge < -0.3 is 0 Å². The summed E-state index contributed by atoms with van der Waals surface area (Å²) in [4.78, 5) is 32.8. The van der Waals surface area contributed by atoms with Gasteiger partial charge in [-0.2, -0.15) is 0 Å². The molecule has 1 aromatic heterocycles. The molecular formula is C16H13ClN2O3S. The van der Waals surface area contributed by atoms with Crippen LogP contribution in [0.2, 0.25) is 5.02 Å². The Bertz CT molecular complexity index is 762. The second-order valence-electron chi connectivity index (χ2n) is 5.55. The van der Waals surface area contributed by atoms with E-state index >= 15 is 0 Å². The summed E-state index contributed by atoms with van der Waals surface area (Å²) in [6, 6.07) is 10.7. The number of amides is 2. The first-order valence-electron chi connectivity index (χ1n) is 7.14. The molecule has 2 aliphatic heterocycles. The number of benzene rings is 1. The minimum absolute atomic E-state index is 0.199. The van der Waals surface area contributed by atoms with Crippen molar-refractivity contribution in [3.05, 3.63) is 51.7 Å². The molecule has 2 fully saturated rings. The molecule has 2 aromatic rings. The first-order chi connectivity index (χ1) is 11.1. The number of hydrogen-bond donors (Lipinski definition) is 0. The first kappa shape index (κ1) is 14.7. The molecule has 0 unspecified atom stereocenters. The Morgan fingerprint density at radius 1 is 1.13 bits per heavy atom. The van der Waals surface area contributed by atoms with Crippen molar-refractivity contribution in [3.63, 3.8) is 0 Å². The van der Waals surface area contributed by atoms with E-state index in [0.717, 1.165) is 15.5 Å². The van der Waals surface area contributed by atoms with Crippen LogP contribution in [0.15, 0.2) is 41.8 Å². The number of rotatable bonds is 2. The van der Waals surface area contributed by atoms with Crippen molar-refractivity contribution in [2.45, 2.75) is 12.1 Å². The molecule has 2 saturated heterocycles. The van der Waals surface area contributed by atoms with Gasteiger partial charge in [-0.25, -0.2) is 5.06 Å². The normalized spacial score (nSPS) is 27.0. The smallest absolute Gasteiger partial charge is 0.261 e. The summed E-state index contributed by atoms with van der Waals surface area (Å²) in [5, 5.41) is 4.24. The van der Waals surface area contributed by atoms with Crippen LogP contribution in [0, 0.1) is 5.92 Å². The number of likely N-dealkylation sites (N-methyl/N-ethyl adjacent to an activating group) is 1. The van der Waals surface area contributed by atoms with E-state index in [0.29, 0.717) is 5.02 Å². The standard InChI is InChI=1S/C16H13ClN2O3S/c1-18-15(20)12-13(11-3-2-8-23-11)19(22-14(12)16(18)21)10-6-4-9(17)5-7-10/h2-8,12-14H,1H3/t12-,13-,14+/m0/s1. The van der Waals surface area contributed by atoms with Gasteiger partial charge in [0.25, 0.3) is 5.91 Å². The predicted molar refractivity (Wildman–Crippen MR) is 87.1 cm³/mol. The molecule has 5 nitrogen and oxygen atoms in total. The number of likely N-dealkylation sites (tertiary alicyclic amines) is 1. The number of imide groups is 1. The van der Waals surface area contributed by atoms with E-state index in [1.54, 1.807) is 28.5 Å². The fourth-order valence-corrected chi connectivity index (χ4v) is 4.09. The van der Waals surface area contributed by atoms with Crippen molar-refractivity contribution in [1.82, 2.24) is 4.90 Å². The van der Waals surface area contributed by atoms with Gasteiger partial charge in [-0.1, -0.05) is 17.7 Å². The van der Waals surface area contributed by atoms with E-state index in [1.807, 2.05) is 29.6 Å². The van der Waals surface area contributed by atoms with Gasteiger partial charge in [0.05, 0.1) is 5.69 Å². The molecular weight excluding hydrogens is 336 g/mol. The maximum Gasteiger partial charge on any atom is 0.261 e. The zero-order valence-corrected chi connectivity index (χ0v) is 13.8. The third-order valence-electron chi connectivity index (χ3n) is 4.25. The first-order valence-corrected chi connectivity index (χ1v) is 8.40. The number of fused-ring (bicyclic) bond motifs is 1. The third kappa shape index (κ3) is 2.17. The van der Waals surface area contributed by atoms with Crippen LogP contribution in [0.3, 0.4) is 0 Å². The molecule has 0 N–H and O–H groups in total. The van der Waals surface area contributed by atoms with Crippen molar-refractivity contribution in [2.75, 3.05) is 12.1 Å². The van der Waals surface area contributed by atoms with Crippen molar-refractivity contribution >= 4 is 40.4 Å². The van der Waals surface area contributed by atoms with E-state index < -0.39 is 12.0 Å². The summed E-state index contributed by atoms with van der Waals surface area (Å²) in [7, 11) is 1.50. The SMILES string of the molecule is CN1C(=O)[C@@H]2[C@@H](ON(c3ccc(Cl)cc3)[C@H]2c2cccs2)C1=O. The van der Waals surface area contributed by atoms with Gasteiger partial charge in [0.15, 0.2) is 6.10 Å². The fraction of sp³-hybridized carbons (Fsp3) is 0.250. The van der Waals surface area contributed by atoms with Crippen LogP contribution in [-0.2, 0) is 14.4 Å². The van der Waals surface area contributed by atoms with E-state index in [9.17, 15) is 9.59 Å². The lowest BCUT2D eigenvalue weighted by Crippen LogP contribution is -2.34. The number of hydroxylamine groups is 1. The number of thiophene rings is 1. The van der Waals surface area contributed by atoms with Gasteiger partial charge in [0.2, 0.25) is 5.91 Å². The Hall–Kier alpha value is -1.89. The Balaban J connectivity index is 1.79. The van der Waals surface area contributed by atoms with Crippen LogP contribution in [-0.4, -0.2) is 29.9 Å². The quantitative estimate of drug-likeness (QED) is 0.783. The van der Waals surface area contributed by atoms with Gasteiger partial charge in [0, 0.05) is 16.9 Å². The van der Waals surface area contributed by atoms with E-state index in [4.69, 9.17) is 16.4 Å². The molecule has 2 amide bonds. The Morgan fingerprint density at radius 3 is 2.52 bits per heavy atom. The summed E-state index contributed by atoms with van der Waals surface area (Å²) in [5.74, 6) is -1.02. The third-order valence-corrected chi connectivity index (χ3v) is 5.45. The maximum atomic E-state index is 12.5. The lowest BCUT2D eigenvalue weighted by molar-refractivity contribution is -0.141. The van der Waals surface area contributed by atoms with Gasteiger partial charge >= 0.3 is 0 Å². The summed E-state index contributed by atoms with van der Waals surface area (Å²) >= 11 is 7.49. The van der Waals surface area contributed by atoms with Gasteiger partial charge in [-0.05, 0) is 35.7 Å². The molecule has 7 heteroatoms. The number of anilines is 1. The van der Waals surface area contributed by atoms with Gasteiger partial charge in [-0.15, -0.1) is 11.3 Å². The summed E-state index contributed by atoms with van der Waals surface area (Å²) < 4.78 is 0. The van der Waals surface area contributed by atoms with Gasteiger partial charge in [0.1, 0.15) is 12.0 Å². The number of nitrogens with zero attached hydrogens (tertiary/aromatic N) is 2. The number of carbonyl (C=O) groups is 2. The molecule has 0 bridgehead atoms. The zero-order chi connectivity index (χ0) is 16.1. The molecule has 118 valence electrons. The summed E-state index contributed by atoms with van der Waals surface area (Å²) in [5.41, 5.74) is 0.769. The number of hydrogen-bond acceptors (Lipinski definition) is 5. The molecule has 4 rings (SSSR count). The highest BCUT2D eigenvalue weighted by Crippen LogP contribution is 2.47. The Morgan fingerprint density at radius 2 is 1.87 bits per heavy atom. The van der Waals surface area contributed by atoms with Crippen LogP contribution in [0.5, 0.6) is 0 Å². The maximum absolute atomic E-state index is 12.5. The van der Waals surface area contributed by atoms with Crippen LogP contribution < -0.4 is 5.06 Å². The van der Waals surface area contributed by atoms with Crippen molar-refractivity contribution in [1.29, 1.82) is 0 Å². The molecule has 0 aliphatic carbocycles. The van der Waals surface area contributed by atoms with E-state index in [2.05, 4.69) is 0 Å². The van der Waals surface area contributed by atoms with Crippen LogP contribution in [0.4, 0.5) is 5.69 Å². The lowest BCUT2D eigenvalue weighted by Gasteiger charge is -2.27. The molecule has 3 heterocycles. The molecule has 2 aliphatic rings. The average Bonchev–Trinajstić information content (AvgIpc) is 3.24. The average molecular weight is 349 g/mol. The molecule has 23 heavy (non-hydrogen) atoms. The highest BCUT2D eigenvalue weighted by molar-refractivity contribution is 7.10. The molecule has 1 aromatic carbocycles. The van der Waals surface area contributed by atoms with Crippen molar-refractivity contribution in [3.8, 4) is 0 Å². The number of halogens is 1. The van der Waals surface area contributed by atoms with E-state index in [-0.39, 0.29) is 17.9 Å². The predicted octanol–water partition coefficient (Wildman–Crippen LogP) is 2.88. The van der Waals surface area contributed by atoms with Crippen LogP contribution in [0.1, 0.15) is 10.9 Å². The second-order valence-corrected chi connectivity index (χ2v) is 6.97. The Labute approximate surface area is 142 Å². The highest BCUT2D eigenvalue weighted by Gasteiger charge is 2.59. The zero-order valence-electron chi connectivity index (χ0n) is 12.2. The lowest BCUT2D eigenvalue weighted by atomic mass is 9.95. The van der Waals surface area contributed by atoms with Crippen LogP contribution in [0.25, 0.3) is 0 Å². The molecule has 0 saturated carbocycles. The number of carbonyl (C=O) groups excluding carboxylic acids is 2. The van der Waals surface area contributed by atoms with Crippen LogP contribution >= 0.6 is 22.9 Å². The van der Waals surface area contributed by atoms with Crippen molar-refractivity contribution < 1.29 is 14.4 Å². The minimum atomic E-state index is -0.768. The fourth-order valence-electron chi connectivity index (χ4n) is 3.11.